The number of aryl methyl sites for hydroxylation is 3. The van der Waals surface area contributed by atoms with Gasteiger partial charge in [-0.2, -0.15) is 4.98 Å². The van der Waals surface area contributed by atoms with Gasteiger partial charge >= 0.3 is 0 Å². The average molecular weight is 394 g/mol. The number of sulfonamides is 1. The van der Waals surface area contributed by atoms with E-state index in [-0.39, 0.29) is 12.6 Å². The Labute approximate surface area is 160 Å². The second-order valence-corrected chi connectivity index (χ2v) is 8.83. The molecule has 1 aliphatic rings. The van der Waals surface area contributed by atoms with E-state index < -0.39 is 10.0 Å². The van der Waals surface area contributed by atoms with E-state index in [4.69, 9.17) is 4.52 Å². The summed E-state index contributed by atoms with van der Waals surface area (Å²) < 4.78 is 33.3. The number of nitrogens with zero attached hydrogens (tertiary/aromatic N) is 3. The van der Waals surface area contributed by atoms with Crippen LogP contribution in [-0.2, 0) is 16.4 Å². The van der Waals surface area contributed by atoms with Crippen LogP contribution in [0.1, 0.15) is 34.4 Å². The summed E-state index contributed by atoms with van der Waals surface area (Å²) in [7, 11) is -1.56. The molecule has 27 heavy (non-hydrogen) atoms. The van der Waals surface area contributed by atoms with Crippen molar-refractivity contribution >= 4 is 10.0 Å². The summed E-state index contributed by atoms with van der Waals surface area (Å²) in [5.74, 6) is 1.07. The Hall–Kier alpha value is -1.81. The molecule has 9 heteroatoms. The van der Waals surface area contributed by atoms with Crippen molar-refractivity contribution in [3.05, 3.63) is 40.5 Å². The fourth-order valence-electron chi connectivity index (χ4n) is 3.55. The predicted octanol–water partition coefficient (Wildman–Crippen LogP) is 1.09. The van der Waals surface area contributed by atoms with Gasteiger partial charge in [0.15, 0.2) is 5.82 Å². The minimum Gasteiger partial charge on any atom is -0.339 e. The molecule has 0 bridgehead atoms. The fourth-order valence-corrected chi connectivity index (χ4v) is 5.04. The summed E-state index contributed by atoms with van der Waals surface area (Å²) in [4.78, 5) is 6.95. The quantitative estimate of drug-likeness (QED) is 0.758. The Morgan fingerprint density at radius 1 is 1.30 bits per heavy atom. The van der Waals surface area contributed by atoms with Crippen LogP contribution in [0, 0.1) is 20.8 Å². The molecular weight excluding hydrogens is 366 g/mol. The lowest BCUT2D eigenvalue weighted by atomic mass is 10.1. The van der Waals surface area contributed by atoms with Gasteiger partial charge in [0.1, 0.15) is 0 Å². The number of benzene rings is 1. The van der Waals surface area contributed by atoms with Crippen LogP contribution in [0.3, 0.4) is 0 Å². The van der Waals surface area contributed by atoms with E-state index >= 15 is 0 Å². The molecule has 1 aromatic carbocycles. The maximum Gasteiger partial charge on any atom is 0.241 e. The van der Waals surface area contributed by atoms with Crippen molar-refractivity contribution in [1.29, 1.82) is 0 Å². The third-order valence-corrected chi connectivity index (χ3v) is 6.56. The highest BCUT2D eigenvalue weighted by Crippen LogP contribution is 2.21. The number of aromatic nitrogens is 2. The lowest BCUT2D eigenvalue weighted by Crippen LogP contribution is -2.44. The normalized spacial score (nSPS) is 18.7. The predicted molar refractivity (Wildman–Crippen MR) is 102 cm³/mol. The first-order chi connectivity index (χ1) is 12.8. The second kappa shape index (κ2) is 8.05. The zero-order chi connectivity index (χ0) is 19.6. The van der Waals surface area contributed by atoms with Gasteiger partial charge in [0.2, 0.25) is 15.9 Å². The molecule has 1 fully saturated rings. The summed E-state index contributed by atoms with van der Waals surface area (Å²) in [6.45, 7) is 8.42. The number of hydrogen-bond acceptors (Lipinski definition) is 7. The monoisotopic (exact) mass is 393 g/mol. The molecule has 1 atom stereocenters. The molecule has 2 N–H and O–H groups in total. The van der Waals surface area contributed by atoms with Gasteiger partial charge in [-0.25, -0.2) is 13.1 Å². The van der Waals surface area contributed by atoms with Crippen molar-refractivity contribution in [2.24, 2.45) is 0 Å². The first kappa shape index (κ1) is 19.9. The van der Waals surface area contributed by atoms with Gasteiger partial charge in [-0.3, -0.25) is 4.90 Å². The highest BCUT2D eigenvalue weighted by molar-refractivity contribution is 7.89. The third-order valence-electron chi connectivity index (χ3n) is 4.80. The van der Waals surface area contributed by atoms with E-state index in [2.05, 4.69) is 25.1 Å². The standard InChI is InChI=1S/C18H27N5O3S/c1-12-9-13(2)17(14(3)10-12)27(24,25)20-6-5-16-21-18(22-26-16)15-11-19-7-8-23(15)4/h9-10,15,19-20H,5-8,11H2,1-4H3. The molecule has 1 unspecified atom stereocenters. The molecule has 3 rings (SSSR count). The third kappa shape index (κ3) is 4.55. The number of likely N-dealkylation sites (N-methyl/N-ethyl adjacent to an activating group) is 1. The minimum absolute atomic E-state index is 0.0748. The van der Waals surface area contributed by atoms with Crippen LogP contribution < -0.4 is 10.0 Å². The SMILES string of the molecule is Cc1cc(C)c(S(=O)(=O)NCCc2nc(C3CNCCN3C)no2)c(C)c1. The number of hydrogen-bond donors (Lipinski definition) is 2. The smallest absolute Gasteiger partial charge is 0.241 e. The summed E-state index contributed by atoms with van der Waals surface area (Å²) in [6.07, 6.45) is 0.347. The highest BCUT2D eigenvalue weighted by atomic mass is 32.2. The molecule has 8 nitrogen and oxygen atoms in total. The molecule has 0 saturated carbocycles. The lowest BCUT2D eigenvalue weighted by Gasteiger charge is -2.30. The summed E-state index contributed by atoms with van der Waals surface area (Å²) >= 11 is 0. The van der Waals surface area contributed by atoms with Gasteiger partial charge in [-0.15, -0.1) is 0 Å². The van der Waals surface area contributed by atoms with Gasteiger partial charge in [-0.05, 0) is 38.9 Å². The van der Waals surface area contributed by atoms with Gasteiger partial charge in [-0.1, -0.05) is 22.9 Å². The molecule has 0 spiro atoms. The molecule has 1 aromatic heterocycles. The van der Waals surface area contributed by atoms with E-state index in [1.165, 1.54) is 0 Å². The molecule has 2 aromatic rings. The Kier molecular flexibility index (Phi) is 5.95. The van der Waals surface area contributed by atoms with E-state index in [1.54, 1.807) is 0 Å². The Balaban J connectivity index is 1.63. The zero-order valence-corrected chi connectivity index (χ0v) is 17.1. The molecule has 0 radical (unpaired) electrons. The largest absolute Gasteiger partial charge is 0.339 e. The molecule has 1 aliphatic heterocycles. The van der Waals surface area contributed by atoms with Crippen LogP contribution in [0.5, 0.6) is 0 Å². The van der Waals surface area contributed by atoms with Crippen LogP contribution in [-0.4, -0.2) is 56.7 Å². The van der Waals surface area contributed by atoms with Crippen LogP contribution >= 0.6 is 0 Å². The molecular formula is C18H27N5O3S. The van der Waals surface area contributed by atoms with Gasteiger partial charge in [0.25, 0.3) is 0 Å². The number of piperazine rings is 1. The summed E-state index contributed by atoms with van der Waals surface area (Å²) in [5.41, 5.74) is 2.53. The van der Waals surface area contributed by atoms with Crippen molar-refractivity contribution in [2.45, 2.75) is 38.1 Å². The Morgan fingerprint density at radius 2 is 2.00 bits per heavy atom. The van der Waals surface area contributed by atoms with Crippen molar-refractivity contribution in [1.82, 2.24) is 25.1 Å². The zero-order valence-electron chi connectivity index (χ0n) is 16.2. The van der Waals surface area contributed by atoms with Crippen LogP contribution in [0.4, 0.5) is 0 Å². The van der Waals surface area contributed by atoms with Gasteiger partial charge < -0.3 is 9.84 Å². The number of nitrogens with one attached hydrogen (secondary N) is 2. The van der Waals surface area contributed by atoms with E-state index in [0.717, 1.165) is 36.3 Å². The number of rotatable bonds is 6. The van der Waals surface area contributed by atoms with Crippen LogP contribution in [0.25, 0.3) is 0 Å². The maximum atomic E-state index is 12.7. The van der Waals surface area contributed by atoms with Crippen LogP contribution in [0.2, 0.25) is 0 Å². The first-order valence-electron chi connectivity index (χ1n) is 9.09. The molecule has 1 saturated heterocycles. The van der Waals surface area contributed by atoms with Crippen molar-refractivity contribution in [3.63, 3.8) is 0 Å². The Bertz CT molecular complexity index is 886. The molecule has 148 valence electrons. The van der Waals surface area contributed by atoms with Gasteiger partial charge in [0, 0.05) is 32.6 Å². The van der Waals surface area contributed by atoms with Crippen molar-refractivity contribution in [2.75, 3.05) is 33.2 Å². The second-order valence-electron chi connectivity index (χ2n) is 7.12. The average Bonchev–Trinajstić information content (AvgIpc) is 3.02. The van der Waals surface area contributed by atoms with Crippen molar-refractivity contribution < 1.29 is 12.9 Å². The lowest BCUT2D eigenvalue weighted by molar-refractivity contribution is 0.190. The first-order valence-corrected chi connectivity index (χ1v) is 10.6. The molecule has 2 heterocycles. The summed E-state index contributed by atoms with van der Waals surface area (Å²) in [6, 6.07) is 3.83. The summed E-state index contributed by atoms with van der Waals surface area (Å²) in [5, 5.41) is 7.37. The van der Waals surface area contributed by atoms with Crippen molar-refractivity contribution in [3.8, 4) is 0 Å². The van der Waals surface area contributed by atoms with E-state index in [9.17, 15) is 8.42 Å². The highest BCUT2D eigenvalue weighted by Gasteiger charge is 2.25. The maximum absolute atomic E-state index is 12.7. The molecule has 0 aliphatic carbocycles. The van der Waals surface area contributed by atoms with E-state index in [1.807, 2.05) is 40.0 Å². The topological polar surface area (TPSA) is 100 Å². The van der Waals surface area contributed by atoms with Gasteiger partial charge in [0.05, 0.1) is 10.9 Å². The van der Waals surface area contributed by atoms with Crippen LogP contribution in [0.15, 0.2) is 21.6 Å². The minimum atomic E-state index is -3.59. The molecule has 0 amide bonds. The fraction of sp³-hybridized carbons (Fsp3) is 0.556. The Morgan fingerprint density at radius 3 is 2.67 bits per heavy atom. The van der Waals surface area contributed by atoms with E-state index in [0.29, 0.717) is 23.0 Å².